The Morgan fingerprint density at radius 2 is 2.04 bits per heavy atom. The molecule has 2 saturated heterocycles. The molecule has 1 aromatic carbocycles. The summed E-state index contributed by atoms with van der Waals surface area (Å²) in [5.41, 5.74) is 6.96. The van der Waals surface area contributed by atoms with Crippen LogP contribution in [0.5, 0.6) is 0 Å². The van der Waals surface area contributed by atoms with Crippen LogP contribution in [0.15, 0.2) is 34.2 Å². The molecule has 2 atom stereocenters. The first-order valence-corrected chi connectivity index (χ1v) is 10.8. The number of ether oxygens (including phenoxy) is 2. The highest BCUT2D eigenvalue weighted by molar-refractivity contribution is 14.0. The first-order chi connectivity index (χ1) is 12.9. The molecule has 2 aliphatic heterocycles. The third kappa shape index (κ3) is 6.55. The van der Waals surface area contributed by atoms with Crippen LogP contribution in [-0.2, 0) is 26.0 Å². The van der Waals surface area contributed by atoms with Crippen molar-refractivity contribution in [3.05, 3.63) is 29.8 Å². The van der Waals surface area contributed by atoms with Gasteiger partial charge in [-0.2, -0.15) is 0 Å². The molecule has 0 bridgehead atoms. The van der Waals surface area contributed by atoms with Crippen LogP contribution in [0.3, 0.4) is 0 Å². The lowest BCUT2D eigenvalue weighted by Gasteiger charge is -2.31. The van der Waals surface area contributed by atoms with Crippen molar-refractivity contribution in [3.8, 4) is 0 Å². The van der Waals surface area contributed by atoms with Crippen LogP contribution >= 0.6 is 24.0 Å². The molecule has 2 fully saturated rings. The Morgan fingerprint density at radius 1 is 1.29 bits per heavy atom. The van der Waals surface area contributed by atoms with E-state index in [1.54, 1.807) is 24.3 Å². The lowest BCUT2D eigenvalue weighted by molar-refractivity contribution is 0.00528. The number of nitrogens with zero attached hydrogens (tertiary/aromatic N) is 2. The number of morpholine rings is 1. The van der Waals surface area contributed by atoms with Gasteiger partial charge in [-0.3, -0.25) is 0 Å². The Balaban J connectivity index is 0.00000280. The normalized spacial score (nSPS) is 23.5. The largest absolute Gasteiger partial charge is 0.377 e. The third-order valence-corrected chi connectivity index (χ3v) is 6.19. The zero-order valence-electron chi connectivity index (χ0n) is 16.0. The summed E-state index contributed by atoms with van der Waals surface area (Å²) in [6.45, 7) is 5.52. The highest BCUT2D eigenvalue weighted by Gasteiger charge is 2.20. The summed E-state index contributed by atoms with van der Waals surface area (Å²) < 4.78 is 38.3. The Labute approximate surface area is 183 Å². The van der Waals surface area contributed by atoms with Crippen molar-refractivity contribution in [2.75, 3.05) is 32.8 Å². The SMILES string of the molecule is CC1CN(C(N)=NCc2ccc(S(=O)(=O)NCC3CCCO3)cc2)CCO1.I. The summed E-state index contributed by atoms with van der Waals surface area (Å²) in [7, 11) is -3.53. The smallest absolute Gasteiger partial charge is 0.240 e. The van der Waals surface area contributed by atoms with Gasteiger partial charge < -0.3 is 20.1 Å². The van der Waals surface area contributed by atoms with Crippen LogP contribution in [0.4, 0.5) is 0 Å². The molecule has 2 unspecified atom stereocenters. The van der Waals surface area contributed by atoms with E-state index in [1.165, 1.54) is 0 Å². The van der Waals surface area contributed by atoms with Crippen molar-refractivity contribution >= 4 is 40.0 Å². The molecule has 2 heterocycles. The quantitative estimate of drug-likeness (QED) is 0.330. The van der Waals surface area contributed by atoms with Crippen LogP contribution in [-0.4, -0.2) is 64.3 Å². The van der Waals surface area contributed by atoms with Crippen LogP contribution in [0, 0.1) is 0 Å². The van der Waals surface area contributed by atoms with Gasteiger partial charge in [0.1, 0.15) is 0 Å². The Bertz CT molecular complexity index is 751. The molecule has 0 amide bonds. The molecule has 0 aliphatic carbocycles. The standard InChI is InChI=1S/C18H28N4O4S.HI/c1-14-13-22(8-10-25-14)18(19)20-11-15-4-6-17(7-5-15)27(23,24)21-12-16-3-2-9-26-16;/h4-7,14,16,21H,2-3,8-13H2,1H3,(H2,19,20);1H. The summed E-state index contributed by atoms with van der Waals surface area (Å²) >= 11 is 0. The Kier molecular flexibility index (Phi) is 8.93. The molecule has 1 aromatic rings. The van der Waals surface area contributed by atoms with Crippen LogP contribution < -0.4 is 10.5 Å². The zero-order valence-corrected chi connectivity index (χ0v) is 19.2. The van der Waals surface area contributed by atoms with Crippen molar-refractivity contribution in [2.24, 2.45) is 10.7 Å². The van der Waals surface area contributed by atoms with Crippen LogP contribution in [0.25, 0.3) is 0 Å². The number of halogens is 1. The second kappa shape index (κ2) is 10.7. The molecule has 0 saturated carbocycles. The molecule has 10 heteroatoms. The van der Waals surface area contributed by atoms with Gasteiger partial charge in [0.05, 0.1) is 30.3 Å². The number of sulfonamides is 1. The van der Waals surface area contributed by atoms with E-state index in [1.807, 2.05) is 11.8 Å². The molecule has 8 nitrogen and oxygen atoms in total. The summed E-state index contributed by atoms with van der Waals surface area (Å²) in [4.78, 5) is 6.66. The minimum absolute atomic E-state index is 0. The van der Waals surface area contributed by atoms with E-state index in [0.29, 0.717) is 32.3 Å². The van der Waals surface area contributed by atoms with Gasteiger partial charge in [-0.1, -0.05) is 12.1 Å². The second-order valence-corrected chi connectivity index (χ2v) is 8.70. The van der Waals surface area contributed by atoms with Gasteiger partial charge >= 0.3 is 0 Å². The predicted molar refractivity (Wildman–Crippen MR) is 118 cm³/mol. The van der Waals surface area contributed by atoms with Crippen LogP contribution in [0.2, 0.25) is 0 Å². The molecular formula is C18H29IN4O4S. The van der Waals surface area contributed by atoms with Crippen molar-refractivity contribution in [1.82, 2.24) is 9.62 Å². The van der Waals surface area contributed by atoms with Crippen molar-refractivity contribution in [1.29, 1.82) is 0 Å². The molecule has 3 N–H and O–H groups in total. The summed E-state index contributed by atoms with van der Waals surface area (Å²) in [5.74, 6) is 0.486. The maximum absolute atomic E-state index is 12.4. The second-order valence-electron chi connectivity index (χ2n) is 6.93. The third-order valence-electron chi connectivity index (χ3n) is 4.75. The van der Waals surface area contributed by atoms with Gasteiger partial charge in [-0.15, -0.1) is 24.0 Å². The molecule has 28 heavy (non-hydrogen) atoms. The van der Waals surface area contributed by atoms with Gasteiger partial charge in [-0.25, -0.2) is 18.1 Å². The Morgan fingerprint density at radius 3 is 2.68 bits per heavy atom. The summed E-state index contributed by atoms with van der Waals surface area (Å²) in [6, 6.07) is 6.71. The minimum Gasteiger partial charge on any atom is -0.377 e. The first kappa shape index (κ1) is 23.3. The average molecular weight is 524 g/mol. The number of nitrogens with two attached hydrogens (primary N) is 1. The molecule has 3 rings (SSSR count). The molecular weight excluding hydrogens is 495 g/mol. The number of benzene rings is 1. The van der Waals surface area contributed by atoms with E-state index >= 15 is 0 Å². The van der Waals surface area contributed by atoms with Crippen molar-refractivity contribution in [3.63, 3.8) is 0 Å². The fraction of sp³-hybridized carbons (Fsp3) is 0.611. The van der Waals surface area contributed by atoms with E-state index < -0.39 is 10.0 Å². The van der Waals surface area contributed by atoms with Crippen molar-refractivity contribution in [2.45, 2.75) is 43.4 Å². The van der Waals surface area contributed by atoms with Gasteiger partial charge in [-0.05, 0) is 37.5 Å². The highest BCUT2D eigenvalue weighted by atomic mass is 127. The molecule has 158 valence electrons. The van der Waals surface area contributed by atoms with Gasteiger partial charge in [0.2, 0.25) is 10.0 Å². The number of nitrogens with one attached hydrogen (secondary N) is 1. The van der Waals surface area contributed by atoms with Gasteiger partial charge in [0, 0.05) is 26.2 Å². The van der Waals surface area contributed by atoms with Crippen LogP contribution in [0.1, 0.15) is 25.3 Å². The zero-order chi connectivity index (χ0) is 19.3. The minimum atomic E-state index is -3.53. The predicted octanol–water partition coefficient (Wildman–Crippen LogP) is 1.30. The fourth-order valence-electron chi connectivity index (χ4n) is 3.16. The van der Waals surface area contributed by atoms with E-state index in [-0.39, 0.29) is 41.1 Å². The van der Waals surface area contributed by atoms with E-state index in [2.05, 4.69) is 9.71 Å². The fourth-order valence-corrected chi connectivity index (χ4v) is 4.23. The highest BCUT2D eigenvalue weighted by Crippen LogP contribution is 2.14. The molecule has 0 spiro atoms. The lowest BCUT2D eigenvalue weighted by Crippen LogP contribution is -2.47. The summed E-state index contributed by atoms with van der Waals surface area (Å²) in [6.07, 6.45) is 1.98. The van der Waals surface area contributed by atoms with Gasteiger partial charge in [0.25, 0.3) is 0 Å². The number of aliphatic imine (C=N–C) groups is 1. The van der Waals surface area contributed by atoms with E-state index in [4.69, 9.17) is 15.2 Å². The van der Waals surface area contributed by atoms with E-state index in [9.17, 15) is 8.42 Å². The number of hydrogen-bond acceptors (Lipinski definition) is 5. The maximum atomic E-state index is 12.4. The monoisotopic (exact) mass is 524 g/mol. The summed E-state index contributed by atoms with van der Waals surface area (Å²) in [5, 5.41) is 0. The molecule has 2 aliphatic rings. The maximum Gasteiger partial charge on any atom is 0.240 e. The number of hydrogen-bond donors (Lipinski definition) is 2. The van der Waals surface area contributed by atoms with Gasteiger partial charge in [0.15, 0.2) is 5.96 Å². The number of rotatable bonds is 6. The average Bonchev–Trinajstić information content (AvgIpc) is 3.19. The topological polar surface area (TPSA) is 106 Å². The lowest BCUT2D eigenvalue weighted by atomic mass is 10.2. The van der Waals surface area contributed by atoms with E-state index in [0.717, 1.165) is 31.5 Å². The Hall–Kier alpha value is -0.950. The number of guanidine groups is 1. The molecule has 0 aromatic heterocycles. The first-order valence-electron chi connectivity index (χ1n) is 9.31. The molecule has 0 radical (unpaired) electrons. The van der Waals surface area contributed by atoms with Crippen molar-refractivity contribution < 1.29 is 17.9 Å².